The molecule has 0 saturated carbocycles. The summed E-state index contributed by atoms with van der Waals surface area (Å²) in [6.45, 7) is 0.382. The molecule has 0 unspecified atom stereocenters. The van der Waals surface area contributed by atoms with Crippen LogP contribution in [0.4, 0.5) is 5.69 Å². The zero-order valence-electron chi connectivity index (χ0n) is 14.6. The van der Waals surface area contributed by atoms with Gasteiger partial charge in [0.15, 0.2) is 0 Å². The Morgan fingerprint density at radius 3 is 2.31 bits per heavy atom. The van der Waals surface area contributed by atoms with Crippen LogP contribution >= 0.6 is 31.9 Å². The summed E-state index contributed by atoms with van der Waals surface area (Å²) in [6.07, 6.45) is 2.84. The van der Waals surface area contributed by atoms with Crippen LogP contribution in [0.5, 0.6) is 5.75 Å². The molecule has 1 aromatic heterocycles. The minimum Gasteiger partial charge on any atom is -0.487 e. The Bertz CT molecular complexity index is 1180. The lowest BCUT2D eigenvalue weighted by molar-refractivity contribution is -0.386. The zero-order valence-corrected chi connectivity index (χ0v) is 17.8. The first-order chi connectivity index (χ1) is 13.8. The van der Waals surface area contributed by atoms with Gasteiger partial charge in [-0.15, -0.1) is 0 Å². The van der Waals surface area contributed by atoms with Crippen molar-refractivity contribution in [3.8, 4) is 5.75 Å². The van der Waals surface area contributed by atoms with E-state index in [9.17, 15) is 19.7 Å². The molecule has 0 fully saturated rings. The number of benzene rings is 2. The van der Waals surface area contributed by atoms with Crippen LogP contribution in [0.3, 0.4) is 0 Å². The van der Waals surface area contributed by atoms with E-state index in [0.717, 1.165) is 5.56 Å². The van der Waals surface area contributed by atoms with E-state index in [0.29, 0.717) is 26.9 Å². The summed E-state index contributed by atoms with van der Waals surface area (Å²) < 4.78 is 7.18. The lowest BCUT2D eigenvalue weighted by Crippen LogP contribution is -2.25. The molecule has 0 saturated heterocycles. The Morgan fingerprint density at radius 2 is 1.69 bits per heavy atom. The van der Waals surface area contributed by atoms with Crippen molar-refractivity contribution in [2.24, 2.45) is 0 Å². The molecule has 1 heterocycles. The summed E-state index contributed by atoms with van der Waals surface area (Å²) in [7, 11) is 0. The highest BCUT2D eigenvalue weighted by atomic mass is 79.9. The number of halogens is 2. The molecule has 148 valence electrons. The summed E-state index contributed by atoms with van der Waals surface area (Å²) >= 11 is 6.90. The second kappa shape index (κ2) is 9.01. The van der Waals surface area contributed by atoms with Crippen LogP contribution in [0.25, 0.3) is 12.2 Å². The first kappa shape index (κ1) is 20.7. The van der Waals surface area contributed by atoms with Crippen LogP contribution in [0, 0.1) is 10.1 Å². The standard InChI is InChI=1S/C19H13Br2N3O5/c20-13-8-12(6-7-15-16(24(27)28)18(25)23-19(26)22-15)9-14(21)17(13)29-10-11-4-2-1-3-5-11/h1-9H,10H2,(H2,22,23,25,26)/b7-6+. The van der Waals surface area contributed by atoms with Crippen LogP contribution < -0.4 is 16.0 Å². The maximum atomic E-state index is 11.7. The Labute approximate surface area is 180 Å². The second-order valence-electron chi connectivity index (χ2n) is 5.85. The Morgan fingerprint density at radius 1 is 1.03 bits per heavy atom. The number of hydrogen-bond donors (Lipinski definition) is 2. The summed E-state index contributed by atoms with van der Waals surface area (Å²) in [6, 6.07) is 13.2. The van der Waals surface area contributed by atoms with Crippen LogP contribution in [0.15, 0.2) is 61.0 Å². The van der Waals surface area contributed by atoms with Gasteiger partial charge in [0, 0.05) is 0 Å². The van der Waals surface area contributed by atoms with Crippen molar-refractivity contribution < 1.29 is 9.66 Å². The fourth-order valence-electron chi connectivity index (χ4n) is 2.52. The van der Waals surface area contributed by atoms with Crippen molar-refractivity contribution in [2.45, 2.75) is 6.61 Å². The van der Waals surface area contributed by atoms with E-state index >= 15 is 0 Å². The smallest absolute Gasteiger partial charge is 0.357 e. The number of H-pyrrole nitrogens is 2. The third-order valence-electron chi connectivity index (χ3n) is 3.82. The molecule has 8 nitrogen and oxygen atoms in total. The van der Waals surface area contributed by atoms with Crippen molar-refractivity contribution in [3.05, 3.63) is 99.2 Å². The maximum Gasteiger partial charge on any atom is 0.357 e. The topological polar surface area (TPSA) is 118 Å². The molecule has 0 aliphatic carbocycles. The molecule has 0 bridgehead atoms. The number of nitrogens with zero attached hydrogens (tertiary/aromatic N) is 1. The van der Waals surface area contributed by atoms with Crippen molar-refractivity contribution in [1.29, 1.82) is 0 Å². The molecule has 29 heavy (non-hydrogen) atoms. The minimum atomic E-state index is -1.06. The quantitative estimate of drug-likeness (QED) is 0.370. The van der Waals surface area contributed by atoms with Gasteiger partial charge < -0.3 is 9.72 Å². The highest BCUT2D eigenvalue weighted by molar-refractivity contribution is 9.11. The molecule has 3 aromatic rings. The van der Waals surface area contributed by atoms with Crippen molar-refractivity contribution in [3.63, 3.8) is 0 Å². The van der Waals surface area contributed by atoms with E-state index in [1.807, 2.05) is 35.3 Å². The lowest BCUT2D eigenvalue weighted by Gasteiger charge is -2.11. The highest BCUT2D eigenvalue weighted by Gasteiger charge is 2.19. The molecule has 2 N–H and O–H groups in total. The monoisotopic (exact) mass is 521 g/mol. The molecule has 0 aliphatic heterocycles. The summed E-state index contributed by atoms with van der Waals surface area (Å²) in [4.78, 5) is 37.5. The molecule has 10 heteroatoms. The third-order valence-corrected chi connectivity index (χ3v) is 5.00. The molecule has 2 aromatic carbocycles. The van der Waals surface area contributed by atoms with E-state index in [1.165, 1.54) is 12.2 Å². The lowest BCUT2D eigenvalue weighted by atomic mass is 10.2. The molecule has 0 amide bonds. The van der Waals surface area contributed by atoms with Gasteiger partial charge in [0.05, 0.1) is 13.9 Å². The molecule has 0 atom stereocenters. The van der Waals surface area contributed by atoms with Crippen LogP contribution in [0.2, 0.25) is 0 Å². The van der Waals surface area contributed by atoms with E-state index < -0.39 is 21.9 Å². The average Bonchev–Trinajstić information content (AvgIpc) is 2.65. The third kappa shape index (κ3) is 5.09. The summed E-state index contributed by atoms with van der Waals surface area (Å²) in [5.41, 5.74) is -1.15. The second-order valence-corrected chi connectivity index (χ2v) is 7.56. The molecular weight excluding hydrogens is 510 g/mol. The van der Waals surface area contributed by atoms with Gasteiger partial charge in [-0.05, 0) is 61.2 Å². The van der Waals surface area contributed by atoms with Gasteiger partial charge in [-0.3, -0.25) is 19.9 Å². The van der Waals surface area contributed by atoms with Crippen LogP contribution in [-0.4, -0.2) is 14.9 Å². The number of hydrogen-bond acceptors (Lipinski definition) is 5. The molecule has 3 rings (SSSR count). The van der Waals surface area contributed by atoms with Gasteiger partial charge in [-0.2, -0.15) is 0 Å². The van der Waals surface area contributed by atoms with E-state index in [2.05, 4.69) is 36.8 Å². The minimum absolute atomic E-state index is 0.194. The average molecular weight is 523 g/mol. The largest absolute Gasteiger partial charge is 0.487 e. The van der Waals surface area contributed by atoms with Gasteiger partial charge in [-0.25, -0.2) is 4.79 Å². The van der Waals surface area contributed by atoms with E-state index in [-0.39, 0.29) is 5.69 Å². The van der Waals surface area contributed by atoms with Crippen molar-refractivity contribution in [1.82, 2.24) is 9.97 Å². The van der Waals surface area contributed by atoms with Crippen LogP contribution in [-0.2, 0) is 6.61 Å². The van der Waals surface area contributed by atoms with Gasteiger partial charge >= 0.3 is 16.9 Å². The Kier molecular flexibility index (Phi) is 6.45. The first-order valence-electron chi connectivity index (χ1n) is 8.20. The Hall–Kier alpha value is -2.98. The van der Waals surface area contributed by atoms with Crippen molar-refractivity contribution in [2.75, 3.05) is 0 Å². The fourth-order valence-corrected chi connectivity index (χ4v) is 3.97. The summed E-state index contributed by atoms with van der Waals surface area (Å²) in [5, 5.41) is 11.1. The maximum absolute atomic E-state index is 11.7. The van der Waals surface area contributed by atoms with Gasteiger partial charge in [-0.1, -0.05) is 36.4 Å². The van der Waals surface area contributed by atoms with Crippen LogP contribution in [0.1, 0.15) is 16.8 Å². The number of nitro groups is 1. The predicted molar refractivity (Wildman–Crippen MR) is 116 cm³/mol. The molecule has 0 spiro atoms. The summed E-state index contributed by atoms with van der Waals surface area (Å²) in [5.74, 6) is 0.599. The zero-order chi connectivity index (χ0) is 21.0. The molecule has 0 aliphatic rings. The number of ether oxygens (including phenoxy) is 1. The fraction of sp³-hybridized carbons (Fsp3) is 0.0526. The number of aromatic amines is 2. The Balaban J connectivity index is 1.87. The van der Waals surface area contributed by atoms with E-state index in [1.54, 1.807) is 12.1 Å². The van der Waals surface area contributed by atoms with Gasteiger partial charge in [0.2, 0.25) is 0 Å². The van der Waals surface area contributed by atoms with Gasteiger partial charge in [0.25, 0.3) is 0 Å². The van der Waals surface area contributed by atoms with Gasteiger partial charge in [0.1, 0.15) is 18.1 Å². The molecular formula is C19H13Br2N3O5. The number of nitrogens with one attached hydrogen (secondary N) is 2. The van der Waals surface area contributed by atoms with Crippen molar-refractivity contribution >= 4 is 49.7 Å². The predicted octanol–water partition coefficient (Wildman–Crippen LogP) is 4.25. The molecule has 0 radical (unpaired) electrons. The highest BCUT2D eigenvalue weighted by Crippen LogP contribution is 2.36. The van der Waals surface area contributed by atoms with E-state index in [4.69, 9.17) is 4.74 Å². The SMILES string of the molecule is O=c1[nH]c(/C=C/c2cc(Br)c(OCc3ccccc3)c(Br)c2)c([N+](=O)[O-])c(=O)[nH]1. The normalized spacial score (nSPS) is 11.0. The number of aromatic nitrogens is 2. The first-order valence-corrected chi connectivity index (χ1v) is 9.78. The number of rotatable bonds is 6.